The lowest BCUT2D eigenvalue weighted by Crippen LogP contribution is -2.45. The lowest BCUT2D eigenvalue weighted by molar-refractivity contribution is -0.150. The molecule has 0 radical (unpaired) electrons. The smallest absolute Gasteiger partial charge is 0.329 e. The van der Waals surface area contributed by atoms with Gasteiger partial charge in [0.15, 0.2) is 6.61 Å². The highest BCUT2D eigenvalue weighted by Crippen LogP contribution is 2.23. The molecule has 7 heteroatoms. The summed E-state index contributed by atoms with van der Waals surface area (Å²) in [7, 11) is 0. The summed E-state index contributed by atoms with van der Waals surface area (Å²) in [5.41, 5.74) is 0.480. The van der Waals surface area contributed by atoms with Gasteiger partial charge in [-0.1, -0.05) is 38.0 Å². The van der Waals surface area contributed by atoms with E-state index < -0.39 is 12.0 Å². The number of hydrogen-bond acceptors (Lipinski definition) is 5. The second-order valence-electron chi connectivity index (χ2n) is 7.22. The van der Waals surface area contributed by atoms with Gasteiger partial charge in [0, 0.05) is 11.6 Å². The highest BCUT2D eigenvalue weighted by atomic mass is 32.2. The standard InChI is InChI=1S/C21H30N2O4S/c1-15-8-6-7-11-17(15)22-19(24)14-27-21(26)18(12-13-28-2)23-20(25)16-9-4-3-5-10-16/h3-5,9-10,15,17-18H,6-8,11-14H2,1-2H3,(H,22,24)(H,23,25). The van der Waals surface area contributed by atoms with Crippen LogP contribution in [-0.4, -0.2) is 48.5 Å². The number of nitrogens with one attached hydrogen (secondary N) is 2. The fourth-order valence-corrected chi connectivity index (χ4v) is 3.80. The Morgan fingerprint density at radius 1 is 1.18 bits per heavy atom. The van der Waals surface area contributed by atoms with Crippen molar-refractivity contribution in [3.63, 3.8) is 0 Å². The first-order valence-electron chi connectivity index (χ1n) is 9.82. The molecule has 0 saturated heterocycles. The molecule has 3 unspecified atom stereocenters. The van der Waals surface area contributed by atoms with Gasteiger partial charge < -0.3 is 15.4 Å². The molecule has 0 bridgehead atoms. The second kappa shape index (κ2) is 11.7. The molecule has 3 atom stereocenters. The molecule has 1 aromatic rings. The maximum Gasteiger partial charge on any atom is 0.329 e. The van der Waals surface area contributed by atoms with Crippen molar-refractivity contribution < 1.29 is 19.1 Å². The average Bonchev–Trinajstić information content (AvgIpc) is 2.71. The molecule has 0 spiro atoms. The third kappa shape index (κ3) is 7.19. The maximum absolute atomic E-state index is 12.5. The lowest BCUT2D eigenvalue weighted by Gasteiger charge is -2.29. The molecular weight excluding hydrogens is 376 g/mol. The van der Waals surface area contributed by atoms with Gasteiger partial charge in [0.1, 0.15) is 6.04 Å². The van der Waals surface area contributed by atoms with Crippen LogP contribution in [0.3, 0.4) is 0 Å². The zero-order valence-electron chi connectivity index (χ0n) is 16.6. The van der Waals surface area contributed by atoms with E-state index in [9.17, 15) is 14.4 Å². The molecule has 2 rings (SSSR count). The normalized spacial score (nSPS) is 20.1. The summed E-state index contributed by atoms with van der Waals surface area (Å²) in [6, 6.07) is 8.09. The number of thioether (sulfide) groups is 1. The van der Waals surface area contributed by atoms with E-state index in [1.54, 1.807) is 36.0 Å². The summed E-state index contributed by atoms with van der Waals surface area (Å²) >= 11 is 1.58. The number of rotatable bonds is 9. The van der Waals surface area contributed by atoms with Gasteiger partial charge in [0.05, 0.1) is 0 Å². The molecule has 1 saturated carbocycles. The number of carbonyl (C=O) groups excluding carboxylic acids is 3. The van der Waals surface area contributed by atoms with Crippen molar-refractivity contribution >= 4 is 29.5 Å². The Morgan fingerprint density at radius 2 is 1.89 bits per heavy atom. The summed E-state index contributed by atoms with van der Waals surface area (Å²) in [6.07, 6.45) is 6.75. The van der Waals surface area contributed by atoms with Crippen LogP contribution in [0, 0.1) is 5.92 Å². The number of hydrogen-bond donors (Lipinski definition) is 2. The van der Waals surface area contributed by atoms with Crippen molar-refractivity contribution in [2.75, 3.05) is 18.6 Å². The zero-order valence-corrected chi connectivity index (χ0v) is 17.4. The molecule has 2 amide bonds. The van der Waals surface area contributed by atoms with E-state index in [1.165, 1.54) is 6.42 Å². The quantitative estimate of drug-likeness (QED) is 0.616. The minimum absolute atomic E-state index is 0.144. The maximum atomic E-state index is 12.5. The molecule has 154 valence electrons. The van der Waals surface area contributed by atoms with E-state index in [1.807, 2.05) is 12.3 Å². The molecule has 1 aromatic carbocycles. The van der Waals surface area contributed by atoms with E-state index in [-0.39, 0.29) is 24.5 Å². The Bertz CT molecular complexity index is 653. The molecule has 0 aromatic heterocycles. The second-order valence-corrected chi connectivity index (χ2v) is 8.20. The van der Waals surface area contributed by atoms with Gasteiger partial charge in [-0.2, -0.15) is 11.8 Å². The van der Waals surface area contributed by atoms with Gasteiger partial charge >= 0.3 is 5.97 Å². The van der Waals surface area contributed by atoms with Crippen LogP contribution in [0.15, 0.2) is 30.3 Å². The van der Waals surface area contributed by atoms with E-state index >= 15 is 0 Å². The highest BCUT2D eigenvalue weighted by Gasteiger charge is 2.25. The summed E-state index contributed by atoms with van der Waals surface area (Å²) in [4.78, 5) is 37.0. The molecule has 6 nitrogen and oxygen atoms in total. The number of benzene rings is 1. The van der Waals surface area contributed by atoms with Gasteiger partial charge in [0.25, 0.3) is 11.8 Å². The average molecular weight is 407 g/mol. The van der Waals surface area contributed by atoms with Crippen LogP contribution in [0.4, 0.5) is 0 Å². The van der Waals surface area contributed by atoms with Gasteiger partial charge in [-0.15, -0.1) is 0 Å². The number of carbonyl (C=O) groups is 3. The Hall–Kier alpha value is -2.02. The van der Waals surface area contributed by atoms with E-state index in [0.717, 1.165) is 19.3 Å². The van der Waals surface area contributed by atoms with Crippen LogP contribution in [0.5, 0.6) is 0 Å². The largest absolute Gasteiger partial charge is 0.454 e. The lowest BCUT2D eigenvalue weighted by atomic mass is 9.86. The predicted octanol–water partition coefficient (Wildman–Crippen LogP) is 2.78. The molecule has 0 aliphatic heterocycles. The van der Waals surface area contributed by atoms with E-state index in [4.69, 9.17) is 4.74 Å². The van der Waals surface area contributed by atoms with Crippen LogP contribution in [0.1, 0.15) is 49.4 Å². The monoisotopic (exact) mass is 406 g/mol. The molecule has 1 fully saturated rings. The minimum Gasteiger partial charge on any atom is -0.454 e. The van der Waals surface area contributed by atoms with Crippen LogP contribution >= 0.6 is 11.8 Å². The summed E-state index contributed by atoms with van der Waals surface area (Å²) in [5.74, 6) is -0.0621. The third-order valence-electron chi connectivity index (χ3n) is 5.04. The van der Waals surface area contributed by atoms with Crippen molar-refractivity contribution in [1.29, 1.82) is 0 Å². The fraction of sp³-hybridized carbons (Fsp3) is 0.571. The van der Waals surface area contributed by atoms with Gasteiger partial charge in [-0.25, -0.2) is 4.79 Å². The van der Waals surface area contributed by atoms with Crippen LogP contribution in [0.25, 0.3) is 0 Å². The summed E-state index contributed by atoms with van der Waals surface area (Å²) < 4.78 is 5.20. The topological polar surface area (TPSA) is 84.5 Å². The summed E-state index contributed by atoms with van der Waals surface area (Å²) in [6.45, 7) is 1.81. The van der Waals surface area contributed by atoms with Crippen molar-refractivity contribution in [1.82, 2.24) is 10.6 Å². The SMILES string of the molecule is CSCCC(NC(=O)c1ccccc1)C(=O)OCC(=O)NC1CCCCC1C. The molecule has 0 heterocycles. The van der Waals surface area contributed by atoms with Crippen molar-refractivity contribution in [2.45, 2.75) is 51.1 Å². The third-order valence-corrected chi connectivity index (χ3v) is 5.68. The molecule has 1 aliphatic rings. The first kappa shape index (κ1) is 22.3. The zero-order chi connectivity index (χ0) is 20.4. The van der Waals surface area contributed by atoms with E-state index in [2.05, 4.69) is 17.6 Å². The number of amides is 2. The van der Waals surface area contributed by atoms with Gasteiger partial charge in [0.2, 0.25) is 0 Å². The number of esters is 1. The van der Waals surface area contributed by atoms with Crippen LogP contribution < -0.4 is 10.6 Å². The van der Waals surface area contributed by atoms with Gasteiger partial charge in [-0.05, 0) is 49.3 Å². The Labute approximate surface area is 171 Å². The first-order valence-corrected chi connectivity index (χ1v) is 11.2. The Morgan fingerprint density at radius 3 is 2.57 bits per heavy atom. The number of ether oxygens (including phenoxy) is 1. The molecule has 28 heavy (non-hydrogen) atoms. The Kier molecular flexibility index (Phi) is 9.34. The first-order chi connectivity index (χ1) is 13.5. The highest BCUT2D eigenvalue weighted by molar-refractivity contribution is 7.98. The molecule has 2 N–H and O–H groups in total. The van der Waals surface area contributed by atoms with Crippen molar-refractivity contribution in [2.24, 2.45) is 5.92 Å². The van der Waals surface area contributed by atoms with Crippen molar-refractivity contribution in [3.05, 3.63) is 35.9 Å². The predicted molar refractivity (Wildman–Crippen MR) is 111 cm³/mol. The minimum atomic E-state index is -0.776. The van der Waals surface area contributed by atoms with Gasteiger partial charge in [-0.3, -0.25) is 9.59 Å². The molecular formula is C21H30N2O4S. The summed E-state index contributed by atoms with van der Waals surface area (Å²) in [5, 5.41) is 5.69. The molecule has 1 aliphatic carbocycles. The van der Waals surface area contributed by atoms with Crippen molar-refractivity contribution in [3.8, 4) is 0 Å². The Balaban J connectivity index is 1.85. The van der Waals surface area contributed by atoms with Crippen LogP contribution in [-0.2, 0) is 14.3 Å². The fourth-order valence-electron chi connectivity index (χ4n) is 3.33. The van der Waals surface area contributed by atoms with E-state index in [0.29, 0.717) is 23.7 Å². The van der Waals surface area contributed by atoms with Crippen LogP contribution in [0.2, 0.25) is 0 Å².